The number of rotatable bonds is 3. The van der Waals surface area contributed by atoms with Gasteiger partial charge in [-0.1, -0.05) is 5.16 Å². The molecule has 1 saturated heterocycles. The molecule has 0 N–H and O–H groups in total. The lowest BCUT2D eigenvalue weighted by molar-refractivity contribution is 0.242. The van der Waals surface area contributed by atoms with E-state index in [9.17, 15) is 4.39 Å². The largest absolute Gasteiger partial charge is 0.368 e. The molecule has 5 nitrogen and oxygen atoms in total. The summed E-state index contributed by atoms with van der Waals surface area (Å²) < 4.78 is 18.6. The molecule has 1 aromatic carbocycles. The van der Waals surface area contributed by atoms with E-state index in [1.807, 2.05) is 13.0 Å². The molecule has 2 aromatic heterocycles. The third-order valence-corrected chi connectivity index (χ3v) is 4.47. The predicted molar refractivity (Wildman–Crippen MR) is 90.4 cm³/mol. The van der Waals surface area contributed by atoms with Crippen LogP contribution in [0.2, 0.25) is 0 Å². The van der Waals surface area contributed by atoms with Crippen molar-refractivity contribution in [2.45, 2.75) is 13.5 Å². The second-order valence-electron chi connectivity index (χ2n) is 6.20. The fraction of sp³-hybridized carbons (Fsp3) is 0.333. The van der Waals surface area contributed by atoms with Crippen LogP contribution in [-0.4, -0.2) is 41.2 Å². The van der Waals surface area contributed by atoms with Crippen molar-refractivity contribution in [1.29, 1.82) is 0 Å². The van der Waals surface area contributed by atoms with Gasteiger partial charge in [0.2, 0.25) is 0 Å². The number of hydrogen-bond donors (Lipinski definition) is 0. The molecule has 0 bridgehead atoms. The molecule has 3 heterocycles. The van der Waals surface area contributed by atoms with E-state index in [2.05, 4.69) is 26.0 Å². The third kappa shape index (κ3) is 2.97. The summed E-state index contributed by atoms with van der Waals surface area (Å²) >= 11 is 0. The van der Waals surface area contributed by atoms with E-state index < -0.39 is 0 Å². The number of nitrogens with zero attached hydrogens (tertiary/aromatic N) is 4. The summed E-state index contributed by atoms with van der Waals surface area (Å²) in [5.41, 5.74) is 3.82. The molecule has 0 unspecified atom stereocenters. The molecule has 6 heteroatoms. The van der Waals surface area contributed by atoms with Gasteiger partial charge in [0.1, 0.15) is 12.1 Å². The van der Waals surface area contributed by atoms with Crippen molar-refractivity contribution in [2.75, 3.05) is 31.1 Å². The van der Waals surface area contributed by atoms with Crippen LogP contribution in [0.25, 0.3) is 10.9 Å². The lowest BCUT2D eigenvalue weighted by Crippen LogP contribution is -2.46. The maximum Gasteiger partial charge on any atom is 0.124 e. The number of aryl methyl sites for hydroxylation is 1. The number of fused-ring (bicyclic) bond motifs is 1. The minimum Gasteiger partial charge on any atom is -0.368 e. The number of aromatic nitrogens is 2. The second-order valence-corrected chi connectivity index (χ2v) is 6.20. The van der Waals surface area contributed by atoms with Gasteiger partial charge in [-0.25, -0.2) is 4.39 Å². The van der Waals surface area contributed by atoms with Crippen molar-refractivity contribution in [2.24, 2.45) is 0 Å². The number of halogens is 1. The Labute approximate surface area is 139 Å². The molecule has 0 radical (unpaired) electrons. The highest BCUT2D eigenvalue weighted by molar-refractivity contribution is 5.92. The van der Waals surface area contributed by atoms with E-state index in [4.69, 9.17) is 4.52 Å². The highest BCUT2D eigenvalue weighted by Crippen LogP contribution is 2.28. The summed E-state index contributed by atoms with van der Waals surface area (Å²) in [6.07, 6.45) is 1.60. The van der Waals surface area contributed by atoms with Gasteiger partial charge in [-0.3, -0.25) is 9.88 Å². The summed E-state index contributed by atoms with van der Waals surface area (Å²) in [4.78, 5) is 9.18. The molecule has 124 valence electrons. The van der Waals surface area contributed by atoms with Crippen LogP contribution in [0.5, 0.6) is 0 Å². The molecule has 0 spiro atoms. The van der Waals surface area contributed by atoms with Crippen LogP contribution in [0.15, 0.2) is 41.1 Å². The molecule has 1 fully saturated rings. The zero-order valence-electron chi connectivity index (χ0n) is 13.6. The molecule has 0 atom stereocenters. The van der Waals surface area contributed by atoms with Gasteiger partial charge in [-0.05, 0) is 31.2 Å². The Balaban J connectivity index is 1.55. The van der Waals surface area contributed by atoms with Crippen molar-refractivity contribution < 1.29 is 8.91 Å². The van der Waals surface area contributed by atoms with E-state index >= 15 is 0 Å². The predicted octanol–water partition coefficient (Wildman–Crippen LogP) is 2.99. The average molecular weight is 326 g/mol. The fourth-order valence-electron chi connectivity index (χ4n) is 3.27. The summed E-state index contributed by atoms with van der Waals surface area (Å²) in [6, 6.07) is 8.75. The first kappa shape index (κ1) is 15.1. The molecule has 24 heavy (non-hydrogen) atoms. The number of piperazine rings is 1. The Hall–Kier alpha value is -2.47. The Morgan fingerprint density at radius 2 is 1.96 bits per heavy atom. The Kier molecular flexibility index (Phi) is 3.90. The van der Waals surface area contributed by atoms with Crippen LogP contribution in [0.4, 0.5) is 10.1 Å². The first-order valence-electron chi connectivity index (χ1n) is 8.12. The lowest BCUT2D eigenvalue weighted by atomic mass is 10.1. The zero-order valence-corrected chi connectivity index (χ0v) is 13.6. The van der Waals surface area contributed by atoms with Gasteiger partial charge in [0, 0.05) is 55.6 Å². The molecule has 0 amide bonds. The molecule has 1 aliphatic heterocycles. The maximum atomic E-state index is 13.7. The minimum absolute atomic E-state index is 0.223. The number of hydrogen-bond acceptors (Lipinski definition) is 5. The van der Waals surface area contributed by atoms with Crippen molar-refractivity contribution in [3.63, 3.8) is 0 Å². The monoisotopic (exact) mass is 326 g/mol. The van der Waals surface area contributed by atoms with Crippen LogP contribution >= 0.6 is 0 Å². The highest BCUT2D eigenvalue weighted by atomic mass is 19.1. The van der Waals surface area contributed by atoms with E-state index in [1.165, 1.54) is 6.07 Å². The van der Waals surface area contributed by atoms with Crippen LogP contribution in [0, 0.1) is 12.7 Å². The van der Waals surface area contributed by atoms with Crippen LogP contribution in [0.1, 0.15) is 11.4 Å². The normalized spacial score (nSPS) is 16.0. The van der Waals surface area contributed by atoms with Crippen LogP contribution in [0.3, 0.4) is 0 Å². The summed E-state index contributed by atoms with van der Waals surface area (Å²) in [5.74, 6) is -0.223. The standard InChI is InChI=1S/C18H19FN4O/c1-13-10-18(16-11-14(19)2-3-17(16)20-13)23-7-5-22(6-8-23)12-15-4-9-24-21-15/h2-4,9-11H,5-8,12H2,1H3. The van der Waals surface area contributed by atoms with Crippen molar-refractivity contribution >= 4 is 16.6 Å². The first-order chi connectivity index (χ1) is 11.7. The van der Waals surface area contributed by atoms with E-state index in [-0.39, 0.29) is 5.82 Å². The number of anilines is 1. The molecule has 3 aromatic rings. The fourth-order valence-corrected chi connectivity index (χ4v) is 3.27. The van der Waals surface area contributed by atoms with Gasteiger partial charge in [0.15, 0.2) is 0 Å². The highest BCUT2D eigenvalue weighted by Gasteiger charge is 2.20. The summed E-state index contributed by atoms with van der Waals surface area (Å²) in [7, 11) is 0. The van der Waals surface area contributed by atoms with E-state index in [0.717, 1.165) is 60.7 Å². The lowest BCUT2D eigenvalue weighted by Gasteiger charge is -2.36. The maximum absolute atomic E-state index is 13.7. The van der Waals surface area contributed by atoms with Gasteiger partial charge in [0.25, 0.3) is 0 Å². The average Bonchev–Trinajstić information content (AvgIpc) is 3.08. The number of pyridine rings is 1. The topological polar surface area (TPSA) is 45.4 Å². The zero-order chi connectivity index (χ0) is 16.5. The van der Waals surface area contributed by atoms with Gasteiger partial charge >= 0.3 is 0 Å². The van der Waals surface area contributed by atoms with Crippen LogP contribution in [-0.2, 0) is 6.54 Å². The van der Waals surface area contributed by atoms with E-state index in [1.54, 1.807) is 18.4 Å². The molecular weight excluding hydrogens is 307 g/mol. The SMILES string of the molecule is Cc1cc(N2CCN(Cc3ccon3)CC2)c2cc(F)ccc2n1. The summed E-state index contributed by atoms with van der Waals surface area (Å²) in [6.45, 7) is 6.44. The third-order valence-electron chi connectivity index (χ3n) is 4.47. The first-order valence-corrected chi connectivity index (χ1v) is 8.12. The van der Waals surface area contributed by atoms with Gasteiger partial charge < -0.3 is 9.42 Å². The second kappa shape index (κ2) is 6.20. The Morgan fingerprint density at radius 3 is 2.71 bits per heavy atom. The Bertz CT molecular complexity index is 842. The molecule has 0 saturated carbocycles. The van der Waals surface area contributed by atoms with Gasteiger partial charge in [0.05, 0.1) is 11.2 Å². The van der Waals surface area contributed by atoms with E-state index in [0.29, 0.717) is 0 Å². The molecule has 1 aliphatic rings. The van der Waals surface area contributed by atoms with Crippen molar-refractivity contribution in [3.8, 4) is 0 Å². The van der Waals surface area contributed by atoms with Crippen LogP contribution < -0.4 is 4.90 Å². The molecule has 0 aliphatic carbocycles. The minimum atomic E-state index is -0.223. The smallest absolute Gasteiger partial charge is 0.124 e. The van der Waals surface area contributed by atoms with Gasteiger partial charge in [-0.2, -0.15) is 0 Å². The Morgan fingerprint density at radius 1 is 1.12 bits per heavy atom. The van der Waals surface area contributed by atoms with Crippen molar-refractivity contribution in [3.05, 3.63) is 53.8 Å². The van der Waals surface area contributed by atoms with Crippen molar-refractivity contribution in [1.82, 2.24) is 15.0 Å². The molecular formula is C18H19FN4O. The van der Waals surface area contributed by atoms with Gasteiger partial charge in [-0.15, -0.1) is 0 Å². The number of benzene rings is 1. The summed E-state index contributed by atoms with van der Waals surface area (Å²) in [5, 5.41) is 4.85. The quantitative estimate of drug-likeness (QED) is 0.740. The molecule has 4 rings (SSSR count).